The number of rotatable bonds is 9. The molecular weight excluding hydrogens is 570 g/mol. The maximum Gasteiger partial charge on any atom is 0.328 e. The first-order valence-corrected chi connectivity index (χ1v) is 13.5. The molecule has 0 saturated carbocycles. The van der Waals surface area contributed by atoms with E-state index in [-0.39, 0.29) is 24.6 Å². The van der Waals surface area contributed by atoms with E-state index < -0.39 is 41.3 Å². The molecule has 1 aliphatic heterocycles. The van der Waals surface area contributed by atoms with Gasteiger partial charge in [0.05, 0.1) is 12.3 Å². The van der Waals surface area contributed by atoms with Crippen LogP contribution in [-0.2, 0) is 30.3 Å². The quantitative estimate of drug-likeness (QED) is 0.0917. The molecule has 0 aliphatic carbocycles. The third kappa shape index (κ3) is 8.41. The van der Waals surface area contributed by atoms with Crippen LogP contribution in [0.2, 0.25) is 0 Å². The number of carbonyl (C=O) groups excluding carboxylic acids is 4. The zero-order valence-electron chi connectivity index (χ0n) is 24.3. The fourth-order valence-electron chi connectivity index (χ4n) is 4.03. The van der Waals surface area contributed by atoms with Gasteiger partial charge in [-0.3, -0.25) is 24.6 Å². The number of nitrogens with two attached hydrogens (primary N) is 1. The molecular formula is C31H33N5O8. The third-order valence-electron chi connectivity index (χ3n) is 6.29. The number of amidine groups is 1. The van der Waals surface area contributed by atoms with E-state index in [0.29, 0.717) is 22.5 Å². The summed E-state index contributed by atoms with van der Waals surface area (Å²) in [6.45, 7) is 4.16. The summed E-state index contributed by atoms with van der Waals surface area (Å²) in [6.07, 6.45) is 0.156. The number of nitrogens with one attached hydrogen (secondary N) is 4. The predicted octanol–water partition coefficient (Wildman–Crippen LogP) is 2.69. The van der Waals surface area contributed by atoms with Gasteiger partial charge in [-0.25, -0.2) is 4.79 Å². The molecule has 0 bridgehead atoms. The van der Waals surface area contributed by atoms with Crippen LogP contribution in [0.5, 0.6) is 5.75 Å². The van der Waals surface area contributed by atoms with Crippen molar-refractivity contribution in [1.29, 1.82) is 5.41 Å². The topological polar surface area (TPSA) is 210 Å². The molecule has 0 aromatic heterocycles. The van der Waals surface area contributed by atoms with Crippen LogP contribution >= 0.6 is 0 Å². The second-order valence-electron chi connectivity index (χ2n) is 9.73. The molecule has 0 radical (unpaired) electrons. The second kappa shape index (κ2) is 14.4. The molecule has 2 unspecified atom stereocenters. The molecule has 0 fully saturated rings. The smallest absolute Gasteiger partial charge is 0.328 e. The van der Waals surface area contributed by atoms with E-state index in [0.717, 1.165) is 12.5 Å². The number of amides is 3. The van der Waals surface area contributed by atoms with Gasteiger partial charge in [-0.1, -0.05) is 42.5 Å². The van der Waals surface area contributed by atoms with E-state index in [4.69, 9.17) is 30.5 Å². The highest BCUT2D eigenvalue weighted by Crippen LogP contribution is 2.36. The van der Waals surface area contributed by atoms with Crippen LogP contribution in [0.3, 0.4) is 0 Å². The van der Waals surface area contributed by atoms with Crippen LogP contribution in [-0.4, -0.2) is 58.9 Å². The minimum atomic E-state index is -2.01. The number of anilines is 2. The van der Waals surface area contributed by atoms with Crippen molar-refractivity contribution in [3.63, 3.8) is 0 Å². The van der Waals surface area contributed by atoms with Crippen LogP contribution in [0, 0.1) is 5.41 Å². The van der Waals surface area contributed by atoms with Gasteiger partial charge in [0, 0.05) is 36.2 Å². The summed E-state index contributed by atoms with van der Waals surface area (Å²) in [5, 5.41) is 22.9. The molecule has 230 valence electrons. The van der Waals surface area contributed by atoms with Crippen LogP contribution in [0.1, 0.15) is 42.3 Å². The number of nitrogen functional groups attached to an aromatic ring is 1. The summed E-state index contributed by atoms with van der Waals surface area (Å²) in [7, 11) is 0. The zero-order valence-corrected chi connectivity index (χ0v) is 24.3. The number of benzene rings is 3. The number of carbonyl (C=O) groups is 5. The van der Waals surface area contributed by atoms with E-state index in [1.54, 1.807) is 25.1 Å². The van der Waals surface area contributed by atoms with Gasteiger partial charge in [-0.05, 0) is 43.7 Å². The van der Waals surface area contributed by atoms with Crippen molar-refractivity contribution in [3.8, 4) is 5.75 Å². The minimum absolute atomic E-state index is 0.110. The van der Waals surface area contributed by atoms with Crippen LogP contribution < -0.4 is 26.4 Å². The molecule has 7 N–H and O–H groups in total. The van der Waals surface area contributed by atoms with Gasteiger partial charge < -0.3 is 36.3 Å². The summed E-state index contributed by atoms with van der Waals surface area (Å²) in [5.74, 6) is -3.40. The highest BCUT2D eigenvalue weighted by Gasteiger charge is 2.48. The molecule has 1 heterocycles. The zero-order chi connectivity index (χ0) is 32.4. The lowest BCUT2D eigenvalue weighted by atomic mass is 9.99. The van der Waals surface area contributed by atoms with Crippen LogP contribution in [0.15, 0.2) is 72.8 Å². The Morgan fingerprint density at radius 3 is 2.25 bits per heavy atom. The number of carboxylic acids is 1. The summed E-state index contributed by atoms with van der Waals surface area (Å²) in [6, 6.07) is 18.8. The maximum absolute atomic E-state index is 13.4. The van der Waals surface area contributed by atoms with Gasteiger partial charge in [0.1, 0.15) is 17.6 Å². The number of esters is 1. The first-order chi connectivity index (χ1) is 20.8. The summed E-state index contributed by atoms with van der Waals surface area (Å²) >= 11 is 0. The lowest BCUT2D eigenvalue weighted by Crippen LogP contribution is -2.61. The number of hydrogen-bond donors (Lipinski definition) is 6. The monoisotopic (exact) mass is 603 g/mol. The number of carboxylic acid groups (broad SMARTS) is 1. The standard InChI is InChI=1S/C29H29N5O6.C2H4O2/c1-3-39-26(36)22(15-17-7-5-4-6-8-17)34-28(38)29(2)27(37)33-21-14-13-20(16-23(21)40-29)32-25(35)19-11-9-18(10-12-19)24(30)31;1-2(3)4/h4-14,16,22H,3,15H2,1-2H3,(H3,30,31)(H,32,35)(H,33,37)(H,34,38);1H3,(H,3,4). The van der Waals surface area contributed by atoms with E-state index in [1.807, 2.05) is 30.3 Å². The second-order valence-corrected chi connectivity index (χ2v) is 9.73. The van der Waals surface area contributed by atoms with Gasteiger partial charge >= 0.3 is 5.97 Å². The molecule has 1 aliphatic rings. The fourth-order valence-corrected chi connectivity index (χ4v) is 4.03. The molecule has 3 aromatic rings. The van der Waals surface area contributed by atoms with Crippen molar-refractivity contribution in [2.75, 3.05) is 17.2 Å². The van der Waals surface area contributed by atoms with E-state index in [9.17, 15) is 19.2 Å². The van der Waals surface area contributed by atoms with Crippen molar-refractivity contribution in [3.05, 3.63) is 89.5 Å². The number of ether oxygens (including phenoxy) is 2. The Hall–Kier alpha value is -5.72. The van der Waals surface area contributed by atoms with E-state index in [1.165, 1.54) is 31.2 Å². The molecule has 44 heavy (non-hydrogen) atoms. The van der Waals surface area contributed by atoms with Crippen LogP contribution in [0.4, 0.5) is 11.4 Å². The predicted molar refractivity (Wildman–Crippen MR) is 162 cm³/mol. The first kappa shape index (κ1) is 32.8. The Kier molecular flexibility index (Phi) is 10.8. The van der Waals surface area contributed by atoms with Crippen molar-refractivity contribution in [1.82, 2.24) is 5.32 Å². The Morgan fingerprint density at radius 1 is 1.05 bits per heavy atom. The Balaban J connectivity index is 0.00000124. The lowest BCUT2D eigenvalue weighted by molar-refractivity contribution is -0.153. The van der Waals surface area contributed by atoms with Crippen molar-refractivity contribution in [2.24, 2.45) is 5.73 Å². The van der Waals surface area contributed by atoms with Crippen molar-refractivity contribution < 1.29 is 38.6 Å². The minimum Gasteiger partial charge on any atom is -0.481 e. The molecule has 4 rings (SSSR count). The third-order valence-corrected chi connectivity index (χ3v) is 6.29. The van der Waals surface area contributed by atoms with Gasteiger partial charge in [-0.2, -0.15) is 0 Å². The first-order valence-electron chi connectivity index (χ1n) is 13.5. The molecule has 0 saturated heterocycles. The Bertz CT molecular complexity index is 1550. The molecule has 3 amide bonds. The summed E-state index contributed by atoms with van der Waals surface area (Å²) in [4.78, 5) is 60.7. The number of hydrogen-bond acceptors (Lipinski definition) is 8. The maximum atomic E-state index is 13.4. The average Bonchev–Trinajstić information content (AvgIpc) is 2.98. The SMILES string of the molecule is CC(=O)O.CCOC(=O)C(Cc1ccccc1)NC(=O)C1(C)Oc2cc(NC(=O)c3ccc(C(=N)N)cc3)ccc2NC1=O. The van der Waals surface area contributed by atoms with Gasteiger partial charge in [0.15, 0.2) is 0 Å². The fraction of sp³-hybridized carbons (Fsp3) is 0.226. The van der Waals surface area contributed by atoms with Gasteiger partial charge in [-0.15, -0.1) is 0 Å². The highest BCUT2D eigenvalue weighted by atomic mass is 16.5. The molecule has 2 atom stereocenters. The van der Waals surface area contributed by atoms with Gasteiger partial charge in [0.25, 0.3) is 29.3 Å². The average molecular weight is 604 g/mol. The van der Waals surface area contributed by atoms with E-state index >= 15 is 0 Å². The largest absolute Gasteiger partial charge is 0.481 e. The molecule has 0 spiro atoms. The molecule has 13 nitrogen and oxygen atoms in total. The lowest BCUT2D eigenvalue weighted by Gasteiger charge is -2.34. The normalized spacial score (nSPS) is 15.5. The summed E-state index contributed by atoms with van der Waals surface area (Å²) < 4.78 is 11.0. The van der Waals surface area contributed by atoms with Crippen LogP contribution in [0.25, 0.3) is 0 Å². The molecule has 13 heteroatoms. The summed E-state index contributed by atoms with van der Waals surface area (Å²) in [5.41, 5.74) is 5.73. The van der Waals surface area contributed by atoms with Gasteiger partial charge in [0.2, 0.25) is 0 Å². The highest BCUT2D eigenvalue weighted by molar-refractivity contribution is 6.16. The van der Waals surface area contributed by atoms with E-state index in [2.05, 4.69) is 16.0 Å². The number of fused-ring (bicyclic) bond motifs is 1. The number of aliphatic carboxylic acids is 1. The Morgan fingerprint density at radius 2 is 1.66 bits per heavy atom. The van der Waals surface area contributed by atoms with Crippen molar-refractivity contribution in [2.45, 2.75) is 38.8 Å². The Labute approximate surface area is 253 Å². The van der Waals surface area contributed by atoms with Crippen molar-refractivity contribution >= 4 is 46.9 Å². The molecule has 3 aromatic carbocycles.